The molecule has 0 fully saturated rings. The Labute approximate surface area is 109 Å². The Balaban J connectivity index is 3.84. The number of amides is 1. The minimum Gasteiger partial charge on any atom is -0.463 e. The van der Waals surface area contributed by atoms with E-state index < -0.39 is 0 Å². The second-order valence-electron chi connectivity index (χ2n) is 4.35. The van der Waals surface area contributed by atoms with Crippen LogP contribution in [0.3, 0.4) is 0 Å². The van der Waals surface area contributed by atoms with E-state index in [9.17, 15) is 9.59 Å². The summed E-state index contributed by atoms with van der Waals surface area (Å²) >= 11 is 0. The molecule has 102 valence electrons. The van der Waals surface area contributed by atoms with Crippen molar-refractivity contribution in [3.8, 4) is 0 Å². The Hall–Kier alpha value is -1.58. The van der Waals surface area contributed by atoms with Gasteiger partial charge in [-0.2, -0.15) is 0 Å². The van der Waals surface area contributed by atoms with Gasteiger partial charge >= 0.3 is 5.97 Å². The Morgan fingerprint density at radius 1 is 1.28 bits per heavy atom. The van der Waals surface area contributed by atoms with E-state index in [0.717, 1.165) is 0 Å². The highest BCUT2D eigenvalue weighted by atomic mass is 16.5. The summed E-state index contributed by atoms with van der Waals surface area (Å²) in [4.78, 5) is 22.9. The second-order valence-corrected chi connectivity index (χ2v) is 4.35. The summed E-state index contributed by atoms with van der Waals surface area (Å²) in [6.45, 7) is 10.9. The molecule has 0 aromatic heterocycles. The average molecular weight is 253 g/mol. The van der Waals surface area contributed by atoms with Crippen LogP contribution in [0.1, 0.15) is 33.1 Å². The fraction of sp³-hybridized carbons (Fsp3) is 0.571. The number of nitrogens with one attached hydrogen (secondary N) is 1. The molecule has 1 N–H and O–H groups in total. The third kappa shape index (κ3) is 7.65. The summed E-state index contributed by atoms with van der Waals surface area (Å²) in [6, 6.07) is -0.179. The van der Waals surface area contributed by atoms with Crippen LogP contribution >= 0.6 is 0 Å². The molecule has 0 aromatic rings. The first kappa shape index (κ1) is 16.4. The van der Waals surface area contributed by atoms with Gasteiger partial charge in [0.25, 0.3) is 0 Å². The Bertz CT molecular complexity index is 299. The predicted molar refractivity (Wildman–Crippen MR) is 72.0 cm³/mol. The summed E-state index contributed by atoms with van der Waals surface area (Å²) in [5.74, 6) is -0.508. The van der Waals surface area contributed by atoms with Gasteiger partial charge in [0.15, 0.2) is 0 Å². The summed E-state index contributed by atoms with van der Waals surface area (Å²) < 4.78 is 5.10. The van der Waals surface area contributed by atoms with Crippen molar-refractivity contribution in [2.45, 2.75) is 39.2 Å². The van der Waals surface area contributed by atoms with E-state index in [-0.39, 0.29) is 30.4 Å². The van der Waals surface area contributed by atoms with E-state index in [1.165, 1.54) is 0 Å². The molecule has 0 saturated carbocycles. The minimum atomic E-state index is -0.262. The van der Waals surface area contributed by atoms with Gasteiger partial charge in [0, 0.05) is 6.42 Å². The van der Waals surface area contributed by atoms with Gasteiger partial charge in [-0.15, -0.1) is 13.2 Å². The molecule has 0 heterocycles. The number of esters is 1. The molecule has 0 aliphatic carbocycles. The molecular formula is C14H23NO3. The molecule has 2 atom stereocenters. The van der Waals surface area contributed by atoms with Gasteiger partial charge in [0.05, 0.1) is 12.0 Å². The van der Waals surface area contributed by atoms with E-state index >= 15 is 0 Å². The molecule has 0 unspecified atom stereocenters. The highest BCUT2D eigenvalue weighted by Crippen LogP contribution is 2.05. The molecule has 0 rings (SSSR count). The van der Waals surface area contributed by atoms with Crippen LogP contribution < -0.4 is 5.32 Å². The van der Waals surface area contributed by atoms with Crippen LogP contribution in [0.15, 0.2) is 25.3 Å². The van der Waals surface area contributed by atoms with E-state index in [4.69, 9.17) is 4.74 Å². The van der Waals surface area contributed by atoms with Crippen LogP contribution in [0, 0.1) is 5.92 Å². The summed E-state index contributed by atoms with van der Waals surface area (Å²) in [5.41, 5.74) is 0. The van der Waals surface area contributed by atoms with E-state index in [1.807, 2.05) is 0 Å². The number of ether oxygens (including phenoxy) is 1. The zero-order valence-corrected chi connectivity index (χ0v) is 11.3. The van der Waals surface area contributed by atoms with Crippen molar-refractivity contribution in [3.63, 3.8) is 0 Å². The number of rotatable bonds is 9. The average Bonchev–Trinajstić information content (AvgIpc) is 2.33. The lowest BCUT2D eigenvalue weighted by atomic mass is 10.1. The Morgan fingerprint density at radius 2 is 1.94 bits per heavy atom. The monoisotopic (exact) mass is 253 g/mol. The van der Waals surface area contributed by atoms with Crippen LogP contribution in [0.4, 0.5) is 0 Å². The summed E-state index contributed by atoms with van der Waals surface area (Å²) in [6.07, 6.45) is 5.04. The Morgan fingerprint density at radius 3 is 2.50 bits per heavy atom. The van der Waals surface area contributed by atoms with Gasteiger partial charge < -0.3 is 10.1 Å². The fourth-order valence-corrected chi connectivity index (χ4v) is 1.32. The Kier molecular flexibility index (Phi) is 8.62. The van der Waals surface area contributed by atoms with E-state index in [0.29, 0.717) is 19.3 Å². The highest BCUT2D eigenvalue weighted by Gasteiger charge is 2.14. The molecule has 0 radical (unpaired) electrons. The lowest BCUT2D eigenvalue weighted by molar-refractivity contribution is -0.149. The zero-order valence-electron chi connectivity index (χ0n) is 11.3. The van der Waals surface area contributed by atoms with Crippen molar-refractivity contribution in [3.05, 3.63) is 25.3 Å². The summed E-state index contributed by atoms with van der Waals surface area (Å²) in [7, 11) is 0. The maximum atomic E-state index is 11.5. The lowest BCUT2D eigenvalue weighted by Gasteiger charge is -2.15. The van der Waals surface area contributed by atoms with Crippen LogP contribution in [0.2, 0.25) is 0 Å². The van der Waals surface area contributed by atoms with Gasteiger partial charge in [-0.05, 0) is 19.8 Å². The third-order valence-electron chi connectivity index (χ3n) is 2.38. The largest absolute Gasteiger partial charge is 0.463 e. The maximum Gasteiger partial charge on any atom is 0.309 e. The first-order chi connectivity index (χ1) is 8.51. The van der Waals surface area contributed by atoms with Crippen LogP contribution in [0.5, 0.6) is 0 Å². The number of carbonyl (C=O) groups is 2. The lowest BCUT2D eigenvalue weighted by Crippen LogP contribution is -2.36. The highest BCUT2D eigenvalue weighted by molar-refractivity contribution is 5.76. The molecular weight excluding hydrogens is 230 g/mol. The van der Waals surface area contributed by atoms with Crippen molar-refractivity contribution in [1.29, 1.82) is 0 Å². The second kappa shape index (κ2) is 9.45. The SMILES string of the molecule is C=CCCC(=O)N[C@H](C)COC(=O)[C@@H](C)CC=C. The van der Waals surface area contributed by atoms with Crippen molar-refractivity contribution < 1.29 is 14.3 Å². The van der Waals surface area contributed by atoms with Crippen LogP contribution in [-0.4, -0.2) is 24.5 Å². The predicted octanol–water partition coefficient (Wildman–Crippen LogP) is 2.21. The van der Waals surface area contributed by atoms with Crippen molar-refractivity contribution >= 4 is 11.9 Å². The van der Waals surface area contributed by atoms with Gasteiger partial charge in [0.1, 0.15) is 6.61 Å². The van der Waals surface area contributed by atoms with Gasteiger partial charge in [-0.25, -0.2) is 0 Å². The van der Waals surface area contributed by atoms with Crippen LogP contribution in [-0.2, 0) is 14.3 Å². The molecule has 0 aromatic carbocycles. The van der Waals surface area contributed by atoms with Crippen molar-refractivity contribution in [2.75, 3.05) is 6.61 Å². The van der Waals surface area contributed by atoms with E-state index in [1.54, 1.807) is 26.0 Å². The minimum absolute atomic E-state index is 0.0578. The van der Waals surface area contributed by atoms with Crippen LogP contribution in [0.25, 0.3) is 0 Å². The molecule has 1 amide bonds. The first-order valence-electron chi connectivity index (χ1n) is 6.19. The normalized spacial score (nSPS) is 13.2. The topological polar surface area (TPSA) is 55.4 Å². The fourth-order valence-electron chi connectivity index (χ4n) is 1.32. The van der Waals surface area contributed by atoms with Gasteiger partial charge in [-0.3, -0.25) is 9.59 Å². The number of hydrogen-bond acceptors (Lipinski definition) is 3. The molecule has 4 nitrogen and oxygen atoms in total. The molecule has 0 saturated heterocycles. The summed E-state index contributed by atoms with van der Waals surface area (Å²) in [5, 5.41) is 2.76. The zero-order chi connectivity index (χ0) is 14.0. The first-order valence-corrected chi connectivity index (χ1v) is 6.19. The third-order valence-corrected chi connectivity index (χ3v) is 2.38. The van der Waals surface area contributed by atoms with Crippen molar-refractivity contribution in [2.24, 2.45) is 5.92 Å². The van der Waals surface area contributed by atoms with Gasteiger partial charge in [0.2, 0.25) is 5.91 Å². The standard InChI is InChI=1S/C14H23NO3/c1-5-7-9-13(16)15-12(4)10-18-14(17)11(3)8-6-2/h5-6,11-12H,1-2,7-10H2,3-4H3,(H,15,16)/t11-,12+/m0/s1. The molecule has 0 aliphatic rings. The van der Waals surface area contributed by atoms with Gasteiger partial charge in [-0.1, -0.05) is 19.1 Å². The van der Waals surface area contributed by atoms with Crippen molar-refractivity contribution in [1.82, 2.24) is 5.32 Å². The maximum absolute atomic E-state index is 11.5. The molecule has 0 aliphatic heterocycles. The molecule has 4 heteroatoms. The number of hydrogen-bond donors (Lipinski definition) is 1. The molecule has 0 bridgehead atoms. The molecule has 18 heavy (non-hydrogen) atoms. The smallest absolute Gasteiger partial charge is 0.309 e. The number of carbonyl (C=O) groups excluding carboxylic acids is 2. The number of allylic oxidation sites excluding steroid dienone is 2. The van der Waals surface area contributed by atoms with E-state index in [2.05, 4.69) is 18.5 Å². The quantitative estimate of drug-likeness (QED) is 0.506. The molecule has 0 spiro atoms.